The van der Waals surface area contributed by atoms with E-state index < -0.39 is 28.5 Å². The molecule has 0 aliphatic carbocycles. The van der Waals surface area contributed by atoms with Crippen molar-refractivity contribution in [2.75, 3.05) is 23.7 Å². The molecule has 0 aromatic heterocycles. The number of amides is 2. The fraction of sp³-hybridized carbons (Fsp3) is 0.391. The maximum Gasteiger partial charge on any atom is 0.244 e. The highest BCUT2D eigenvalue weighted by atomic mass is 35.5. The number of hydrogen-bond donors (Lipinski definition) is 1. The fourth-order valence-corrected chi connectivity index (χ4v) is 4.26. The van der Waals surface area contributed by atoms with Crippen LogP contribution in [-0.2, 0) is 26.2 Å². The summed E-state index contributed by atoms with van der Waals surface area (Å²) in [5, 5.41) is 3.30. The Bertz CT molecular complexity index is 998. The Morgan fingerprint density at radius 3 is 2.19 bits per heavy atom. The van der Waals surface area contributed by atoms with Gasteiger partial charge in [0.15, 0.2) is 0 Å². The average Bonchev–Trinajstić information content (AvgIpc) is 2.76. The molecule has 1 unspecified atom stereocenters. The van der Waals surface area contributed by atoms with Crippen molar-refractivity contribution in [2.45, 2.75) is 39.3 Å². The number of nitrogens with one attached hydrogen (secondary N) is 1. The third-order valence-corrected chi connectivity index (χ3v) is 6.32. The Labute approximate surface area is 195 Å². The minimum absolute atomic E-state index is 0.190. The summed E-state index contributed by atoms with van der Waals surface area (Å²) in [5.74, 6) is -0.719. The minimum Gasteiger partial charge on any atom is -0.354 e. The molecule has 0 saturated carbocycles. The lowest BCUT2D eigenvalue weighted by Crippen LogP contribution is -2.52. The van der Waals surface area contributed by atoms with Crippen molar-refractivity contribution in [2.24, 2.45) is 0 Å². The Kier molecular flexibility index (Phi) is 9.53. The Balaban J connectivity index is 2.38. The van der Waals surface area contributed by atoms with Crippen LogP contribution in [0.15, 0.2) is 54.6 Å². The predicted octanol–water partition coefficient (Wildman–Crippen LogP) is 3.44. The van der Waals surface area contributed by atoms with E-state index in [1.165, 1.54) is 4.90 Å². The number of anilines is 1. The second-order valence-electron chi connectivity index (χ2n) is 7.47. The number of hydrogen-bond acceptors (Lipinski definition) is 4. The minimum atomic E-state index is -3.76. The van der Waals surface area contributed by atoms with Gasteiger partial charge in [0, 0.05) is 18.1 Å². The molecule has 32 heavy (non-hydrogen) atoms. The van der Waals surface area contributed by atoms with E-state index in [9.17, 15) is 18.0 Å². The molecule has 0 aliphatic heterocycles. The molecular weight excluding hydrogens is 450 g/mol. The van der Waals surface area contributed by atoms with Crippen molar-refractivity contribution in [3.05, 3.63) is 65.2 Å². The van der Waals surface area contributed by atoms with Crippen molar-refractivity contribution in [3.63, 3.8) is 0 Å². The molecule has 0 spiro atoms. The van der Waals surface area contributed by atoms with E-state index in [0.29, 0.717) is 23.7 Å². The maximum absolute atomic E-state index is 13.4. The van der Waals surface area contributed by atoms with Gasteiger partial charge in [-0.15, -0.1) is 0 Å². The monoisotopic (exact) mass is 479 g/mol. The zero-order valence-electron chi connectivity index (χ0n) is 18.6. The molecule has 0 aliphatic rings. The van der Waals surface area contributed by atoms with Crippen LogP contribution in [0.3, 0.4) is 0 Å². The summed E-state index contributed by atoms with van der Waals surface area (Å²) in [4.78, 5) is 27.7. The number of nitrogens with zero attached hydrogens (tertiary/aromatic N) is 2. The normalized spacial score (nSPS) is 12.1. The van der Waals surface area contributed by atoms with E-state index in [0.717, 1.165) is 22.5 Å². The van der Waals surface area contributed by atoms with Gasteiger partial charge in [-0.05, 0) is 42.7 Å². The molecular formula is C23H30ClN3O4S. The number of rotatable bonds is 11. The van der Waals surface area contributed by atoms with Gasteiger partial charge in [-0.25, -0.2) is 8.42 Å². The predicted molar refractivity (Wildman–Crippen MR) is 128 cm³/mol. The van der Waals surface area contributed by atoms with E-state index in [-0.39, 0.29) is 12.5 Å². The number of sulfonamides is 1. The molecule has 2 aromatic rings. The quantitative estimate of drug-likeness (QED) is 0.534. The SMILES string of the molecule is CCCNC(=O)C(CC)N(Cc1ccccc1)C(=O)CN(c1ccc(Cl)cc1)S(C)(=O)=O. The summed E-state index contributed by atoms with van der Waals surface area (Å²) < 4.78 is 26.0. The second kappa shape index (κ2) is 11.9. The first-order valence-corrected chi connectivity index (χ1v) is 12.7. The van der Waals surface area contributed by atoms with Gasteiger partial charge in [0.25, 0.3) is 0 Å². The van der Waals surface area contributed by atoms with Gasteiger partial charge in [0.1, 0.15) is 12.6 Å². The molecule has 0 heterocycles. The highest BCUT2D eigenvalue weighted by Crippen LogP contribution is 2.21. The van der Waals surface area contributed by atoms with Gasteiger partial charge in [-0.1, -0.05) is 55.8 Å². The van der Waals surface area contributed by atoms with Crippen LogP contribution in [-0.4, -0.2) is 50.5 Å². The van der Waals surface area contributed by atoms with Gasteiger partial charge in [-0.3, -0.25) is 13.9 Å². The molecule has 0 fully saturated rings. The first kappa shape index (κ1) is 25.7. The molecule has 7 nitrogen and oxygen atoms in total. The van der Waals surface area contributed by atoms with Gasteiger partial charge >= 0.3 is 0 Å². The number of benzene rings is 2. The lowest BCUT2D eigenvalue weighted by atomic mass is 10.1. The van der Waals surface area contributed by atoms with Crippen molar-refractivity contribution in [3.8, 4) is 0 Å². The highest BCUT2D eigenvalue weighted by molar-refractivity contribution is 7.92. The molecule has 2 rings (SSSR count). The largest absolute Gasteiger partial charge is 0.354 e. The molecule has 9 heteroatoms. The number of carbonyl (C=O) groups excluding carboxylic acids is 2. The molecule has 2 amide bonds. The molecule has 0 radical (unpaired) electrons. The summed E-state index contributed by atoms with van der Waals surface area (Å²) in [6.45, 7) is 4.04. The topological polar surface area (TPSA) is 86.8 Å². The van der Waals surface area contributed by atoms with Gasteiger partial charge in [0.05, 0.1) is 11.9 Å². The van der Waals surface area contributed by atoms with Crippen LogP contribution in [0, 0.1) is 0 Å². The van der Waals surface area contributed by atoms with Crippen molar-refractivity contribution < 1.29 is 18.0 Å². The van der Waals surface area contributed by atoms with Crippen LogP contribution in [0.25, 0.3) is 0 Å². The van der Waals surface area contributed by atoms with Crippen LogP contribution in [0.1, 0.15) is 32.3 Å². The Hall–Kier alpha value is -2.58. The van der Waals surface area contributed by atoms with E-state index >= 15 is 0 Å². The third kappa shape index (κ3) is 7.24. The summed E-state index contributed by atoms with van der Waals surface area (Å²) >= 11 is 5.93. The lowest BCUT2D eigenvalue weighted by molar-refractivity contribution is -0.140. The van der Waals surface area contributed by atoms with Crippen LogP contribution in [0.2, 0.25) is 5.02 Å². The summed E-state index contributed by atoms with van der Waals surface area (Å²) in [5.41, 5.74) is 1.17. The first-order chi connectivity index (χ1) is 15.2. The van der Waals surface area contributed by atoms with Crippen LogP contribution in [0.4, 0.5) is 5.69 Å². The van der Waals surface area contributed by atoms with Crippen LogP contribution < -0.4 is 9.62 Å². The van der Waals surface area contributed by atoms with Gasteiger partial charge < -0.3 is 10.2 Å². The standard InChI is InChI=1S/C23H30ClN3O4S/c1-4-15-25-23(29)21(5-2)26(16-18-9-7-6-8-10-18)22(28)17-27(32(3,30)31)20-13-11-19(24)12-14-20/h6-14,21H,4-5,15-17H2,1-3H3,(H,25,29). The molecule has 1 N–H and O–H groups in total. The number of carbonyl (C=O) groups is 2. The van der Waals surface area contributed by atoms with Crippen LogP contribution >= 0.6 is 11.6 Å². The molecule has 174 valence electrons. The molecule has 2 aromatic carbocycles. The van der Waals surface area contributed by atoms with E-state index in [1.807, 2.05) is 44.2 Å². The third-order valence-electron chi connectivity index (χ3n) is 4.92. The zero-order valence-corrected chi connectivity index (χ0v) is 20.2. The van der Waals surface area contributed by atoms with Crippen molar-refractivity contribution in [1.82, 2.24) is 10.2 Å². The number of halogens is 1. The fourth-order valence-electron chi connectivity index (χ4n) is 3.29. The average molecular weight is 480 g/mol. The maximum atomic E-state index is 13.4. The zero-order chi connectivity index (χ0) is 23.7. The highest BCUT2D eigenvalue weighted by Gasteiger charge is 2.31. The lowest BCUT2D eigenvalue weighted by Gasteiger charge is -2.32. The van der Waals surface area contributed by atoms with E-state index in [4.69, 9.17) is 11.6 Å². The summed E-state index contributed by atoms with van der Waals surface area (Å²) in [7, 11) is -3.76. The molecule has 1 atom stereocenters. The Morgan fingerprint density at radius 1 is 1.03 bits per heavy atom. The van der Waals surface area contributed by atoms with Crippen LogP contribution in [0.5, 0.6) is 0 Å². The van der Waals surface area contributed by atoms with Crippen molar-refractivity contribution >= 4 is 39.1 Å². The smallest absolute Gasteiger partial charge is 0.244 e. The summed E-state index contributed by atoms with van der Waals surface area (Å²) in [6.07, 6.45) is 2.21. The van der Waals surface area contributed by atoms with E-state index in [2.05, 4.69) is 5.32 Å². The Morgan fingerprint density at radius 2 is 1.66 bits per heavy atom. The second-order valence-corrected chi connectivity index (χ2v) is 9.81. The van der Waals surface area contributed by atoms with E-state index in [1.54, 1.807) is 24.3 Å². The van der Waals surface area contributed by atoms with Gasteiger partial charge in [0.2, 0.25) is 21.8 Å². The van der Waals surface area contributed by atoms with Gasteiger partial charge in [-0.2, -0.15) is 0 Å². The first-order valence-electron chi connectivity index (χ1n) is 10.5. The molecule has 0 saturated heterocycles. The summed E-state index contributed by atoms with van der Waals surface area (Å²) in [6, 6.07) is 14.8. The molecule has 0 bridgehead atoms. The van der Waals surface area contributed by atoms with Crippen molar-refractivity contribution in [1.29, 1.82) is 0 Å².